The van der Waals surface area contributed by atoms with E-state index in [0.717, 1.165) is 6.07 Å². The fourth-order valence-corrected chi connectivity index (χ4v) is 3.03. The third-order valence-electron chi connectivity index (χ3n) is 4.44. The average molecular weight is 448 g/mol. The predicted molar refractivity (Wildman–Crippen MR) is 111 cm³/mol. The number of halogens is 1. The molecular weight excluding hydrogens is 430 g/mol. The van der Waals surface area contributed by atoms with Gasteiger partial charge in [-0.3, -0.25) is 24.5 Å². The van der Waals surface area contributed by atoms with Crippen LogP contribution in [-0.2, 0) is 19.1 Å². The Bertz CT molecular complexity index is 1040. The number of para-hydroxylation sites is 2. The van der Waals surface area contributed by atoms with E-state index >= 15 is 0 Å². The molecule has 2 aromatic carbocycles. The Hall–Kier alpha value is -3.66. The van der Waals surface area contributed by atoms with Gasteiger partial charge in [-0.05, 0) is 25.1 Å². The van der Waals surface area contributed by atoms with Crippen LogP contribution in [0.4, 0.5) is 17.1 Å². The number of ether oxygens (including phenoxy) is 2. The number of benzene rings is 2. The van der Waals surface area contributed by atoms with Gasteiger partial charge in [-0.15, -0.1) is 0 Å². The summed E-state index contributed by atoms with van der Waals surface area (Å²) in [5, 5.41) is 13.4. The number of non-ortho nitro benzene ring substituents is 1. The molecule has 0 radical (unpaired) electrons. The molecule has 2 aromatic rings. The van der Waals surface area contributed by atoms with Gasteiger partial charge in [0.1, 0.15) is 5.75 Å². The SMILES string of the molecule is CC(OC(=O)CCN1C(=O)COc2ccccc21)C(=O)Nc1cc([N+](=O)[O-])ccc1Cl. The highest BCUT2D eigenvalue weighted by Gasteiger charge is 2.26. The molecule has 0 fully saturated rings. The molecule has 31 heavy (non-hydrogen) atoms. The number of hydrogen-bond acceptors (Lipinski definition) is 7. The van der Waals surface area contributed by atoms with Gasteiger partial charge in [0, 0.05) is 18.7 Å². The van der Waals surface area contributed by atoms with Crippen LogP contribution in [0.2, 0.25) is 5.02 Å². The lowest BCUT2D eigenvalue weighted by Crippen LogP contribution is -2.40. The van der Waals surface area contributed by atoms with E-state index in [4.69, 9.17) is 21.1 Å². The number of rotatable bonds is 7. The van der Waals surface area contributed by atoms with Crippen molar-refractivity contribution in [1.29, 1.82) is 0 Å². The van der Waals surface area contributed by atoms with Gasteiger partial charge in [-0.1, -0.05) is 23.7 Å². The molecule has 0 saturated carbocycles. The van der Waals surface area contributed by atoms with Gasteiger partial charge >= 0.3 is 5.97 Å². The Kier molecular flexibility index (Phi) is 6.71. The van der Waals surface area contributed by atoms with Crippen LogP contribution in [0.1, 0.15) is 13.3 Å². The quantitative estimate of drug-likeness (QED) is 0.392. The summed E-state index contributed by atoms with van der Waals surface area (Å²) in [5.74, 6) is -1.15. The van der Waals surface area contributed by atoms with Crippen molar-refractivity contribution in [3.05, 3.63) is 57.6 Å². The van der Waals surface area contributed by atoms with Gasteiger partial charge in [0.25, 0.3) is 17.5 Å². The number of nitro groups is 1. The number of nitrogens with one attached hydrogen (secondary N) is 1. The van der Waals surface area contributed by atoms with Crippen molar-refractivity contribution < 1.29 is 28.8 Å². The maximum atomic E-state index is 12.3. The number of nitro benzene ring substituents is 1. The summed E-state index contributed by atoms with van der Waals surface area (Å²) in [7, 11) is 0. The molecule has 0 aliphatic carbocycles. The molecule has 0 aromatic heterocycles. The lowest BCUT2D eigenvalue weighted by molar-refractivity contribution is -0.384. The normalized spacial score (nSPS) is 13.6. The second kappa shape index (κ2) is 9.43. The second-order valence-electron chi connectivity index (χ2n) is 6.59. The smallest absolute Gasteiger partial charge is 0.308 e. The van der Waals surface area contributed by atoms with Crippen LogP contribution >= 0.6 is 11.6 Å². The number of amides is 2. The molecule has 11 heteroatoms. The van der Waals surface area contributed by atoms with Gasteiger partial charge in [0.2, 0.25) is 0 Å². The Morgan fingerprint density at radius 1 is 1.32 bits per heavy atom. The van der Waals surface area contributed by atoms with Crippen LogP contribution in [0.5, 0.6) is 5.75 Å². The van der Waals surface area contributed by atoms with Crippen LogP contribution < -0.4 is 15.0 Å². The van der Waals surface area contributed by atoms with Crippen molar-refractivity contribution in [1.82, 2.24) is 0 Å². The molecule has 0 saturated heterocycles. The molecule has 1 heterocycles. The minimum absolute atomic E-state index is 0.0271. The number of carbonyl (C=O) groups excluding carboxylic acids is 3. The molecule has 1 atom stereocenters. The molecule has 1 unspecified atom stereocenters. The van der Waals surface area contributed by atoms with Crippen LogP contribution in [0.15, 0.2) is 42.5 Å². The fraction of sp³-hybridized carbons (Fsp3) is 0.250. The molecule has 2 amide bonds. The third kappa shape index (κ3) is 5.28. The van der Waals surface area contributed by atoms with E-state index in [1.807, 2.05) is 0 Å². The highest BCUT2D eigenvalue weighted by molar-refractivity contribution is 6.33. The summed E-state index contributed by atoms with van der Waals surface area (Å²) in [5.41, 5.74) is 0.330. The number of anilines is 2. The topological polar surface area (TPSA) is 128 Å². The van der Waals surface area contributed by atoms with E-state index in [2.05, 4.69) is 5.32 Å². The van der Waals surface area contributed by atoms with Crippen molar-refractivity contribution in [3.8, 4) is 5.75 Å². The van der Waals surface area contributed by atoms with E-state index in [1.165, 1.54) is 24.0 Å². The van der Waals surface area contributed by atoms with E-state index in [0.29, 0.717) is 11.4 Å². The lowest BCUT2D eigenvalue weighted by atomic mass is 10.2. The second-order valence-corrected chi connectivity index (χ2v) is 7.00. The Balaban J connectivity index is 1.56. The summed E-state index contributed by atoms with van der Waals surface area (Å²) in [6, 6.07) is 10.5. The van der Waals surface area contributed by atoms with Gasteiger partial charge in [0.05, 0.1) is 27.7 Å². The highest BCUT2D eigenvalue weighted by atomic mass is 35.5. The van der Waals surface area contributed by atoms with Gasteiger partial charge in [0.15, 0.2) is 12.7 Å². The zero-order valence-electron chi connectivity index (χ0n) is 16.4. The summed E-state index contributed by atoms with van der Waals surface area (Å²) in [6.07, 6.45) is -1.33. The highest BCUT2D eigenvalue weighted by Crippen LogP contribution is 2.31. The molecule has 0 spiro atoms. The minimum atomic E-state index is -1.18. The number of nitrogens with zero attached hydrogens (tertiary/aromatic N) is 2. The summed E-state index contributed by atoms with van der Waals surface area (Å²) >= 11 is 5.95. The molecule has 1 N–H and O–H groups in total. The van der Waals surface area contributed by atoms with Gasteiger partial charge in [-0.2, -0.15) is 0 Å². The average Bonchev–Trinajstić information content (AvgIpc) is 2.74. The van der Waals surface area contributed by atoms with Crippen LogP contribution in [-0.4, -0.2) is 42.0 Å². The molecule has 1 aliphatic rings. The monoisotopic (exact) mass is 447 g/mol. The Morgan fingerprint density at radius 2 is 2.06 bits per heavy atom. The Morgan fingerprint density at radius 3 is 2.81 bits per heavy atom. The van der Waals surface area contributed by atoms with Gasteiger partial charge < -0.3 is 19.7 Å². The standard InChI is InChI=1S/C20H18ClN3O7/c1-12(20(27)22-15-10-13(24(28)29)6-7-14(15)21)31-19(26)8-9-23-16-4-2-3-5-17(16)30-11-18(23)25/h2-7,10,12H,8-9,11H2,1H3,(H,22,27). The molecule has 3 rings (SSSR count). The third-order valence-corrected chi connectivity index (χ3v) is 4.77. The number of fused-ring (bicyclic) bond motifs is 1. The number of esters is 1. The zero-order chi connectivity index (χ0) is 22.5. The first kappa shape index (κ1) is 22.0. The maximum Gasteiger partial charge on any atom is 0.308 e. The van der Waals surface area contributed by atoms with Crippen molar-refractivity contribution in [2.45, 2.75) is 19.4 Å². The molecule has 10 nitrogen and oxygen atoms in total. The lowest BCUT2D eigenvalue weighted by Gasteiger charge is -2.29. The van der Waals surface area contributed by atoms with Crippen molar-refractivity contribution >= 4 is 46.4 Å². The van der Waals surface area contributed by atoms with Crippen molar-refractivity contribution in [2.75, 3.05) is 23.4 Å². The van der Waals surface area contributed by atoms with E-state index in [-0.39, 0.29) is 41.9 Å². The van der Waals surface area contributed by atoms with E-state index in [1.54, 1.807) is 24.3 Å². The van der Waals surface area contributed by atoms with E-state index < -0.39 is 22.9 Å². The molecule has 1 aliphatic heterocycles. The summed E-state index contributed by atoms with van der Waals surface area (Å²) < 4.78 is 10.5. The first-order chi connectivity index (χ1) is 14.8. The minimum Gasteiger partial charge on any atom is -0.482 e. The fourth-order valence-electron chi connectivity index (χ4n) is 2.87. The van der Waals surface area contributed by atoms with E-state index in [9.17, 15) is 24.5 Å². The molecular formula is C20H18ClN3O7. The Labute approximate surface area is 181 Å². The summed E-state index contributed by atoms with van der Waals surface area (Å²) in [4.78, 5) is 48.3. The zero-order valence-corrected chi connectivity index (χ0v) is 17.1. The first-order valence-corrected chi connectivity index (χ1v) is 9.60. The number of hydrogen-bond donors (Lipinski definition) is 1. The van der Waals surface area contributed by atoms with Crippen LogP contribution in [0.3, 0.4) is 0 Å². The van der Waals surface area contributed by atoms with Crippen LogP contribution in [0.25, 0.3) is 0 Å². The number of carbonyl (C=O) groups is 3. The molecule has 0 bridgehead atoms. The maximum absolute atomic E-state index is 12.3. The summed E-state index contributed by atoms with van der Waals surface area (Å²) in [6.45, 7) is 1.28. The van der Waals surface area contributed by atoms with Crippen molar-refractivity contribution in [2.24, 2.45) is 0 Å². The largest absolute Gasteiger partial charge is 0.482 e. The first-order valence-electron chi connectivity index (χ1n) is 9.22. The molecule has 162 valence electrons. The van der Waals surface area contributed by atoms with Gasteiger partial charge in [-0.25, -0.2) is 0 Å². The van der Waals surface area contributed by atoms with Crippen LogP contribution in [0, 0.1) is 10.1 Å². The predicted octanol–water partition coefficient (Wildman–Crippen LogP) is 2.93. The van der Waals surface area contributed by atoms with Crippen molar-refractivity contribution in [3.63, 3.8) is 0 Å².